The number of hydrogen-bond acceptors (Lipinski definition) is 7. The number of rotatable bonds is 8. The number of aromatic nitrogens is 2. The Labute approximate surface area is 213 Å². The van der Waals surface area contributed by atoms with E-state index in [1.807, 2.05) is 13.0 Å². The molecule has 0 spiro atoms. The molecule has 1 amide bonds. The van der Waals surface area contributed by atoms with Crippen LogP contribution in [0, 0.1) is 10.1 Å². The normalized spacial score (nSPS) is 11.1. The van der Waals surface area contributed by atoms with Crippen LogP contribution in [-0.4, -0.2) is 33.3 Å². The Kier molecular flexibility index (Phi) is 7.50. The van der Waals surface area contributed by atoms with Gasteiger partial charge in [0.05, 0.1) is 22.0 Å². The molecule has 0 fully saturated rings. The van der Waals surface area contributed by atoms with Crippen LogP contribution in [0.1, 0.15) is 18.3 Å². The summed E-state index contributed by atoms with van der Waals surface area (Å²) in [7, 11) is 0. The number of anilines is 1. The van der Waals surface area contributed by atoms with Gasteiger partial charge in [0.1, 0.15) is 11.6 Å². The van der Waals surface area contributed by atoms with E-state index in [-0.39, 0.29) is 29.2 Å². The third-order valence-corrected chi connectivity index (χ3v) is 5.62. The van der Waals surface area contributed by atoms with Crippen LogP contribution < -0.4 is 15.6 Å². The van der Waals surface area contributed by atoms with Crippen LogP contribution in [0.25, 0.3) is 10.9 Å². The van der Waals surface area contributed by atoms with Gasteiger partial charge in [-0.2, -0.15) is 9.78 Å². The average molecular weight is 550 g/mol. The van der Waals surface area contributed by atoms with Crippen LogP contribution >= 0.6 is 15.9 Å². The average Bonchev–Trinajstić information content (AvgIpc) is 2.87. The zero-order valence-electron chi connectivity index (χ0n) is 19.1. The number of halogens is 1. The first kappa shape index (κ1) is 24.7. The van der Waals surface area contributed by atoms with Gasteiger partial charge in [-0.05, 0) is 36.4 Å². The summed E-state index contributed by atoms with van der Waals surface area (Å²) in [5.74, 6) is 0.201. The van der Waals surface area contributed by atoms with Gasteiger partial charge in [0.15, 0.2) is 6.61 Å². The van der Waals surface area contributed by atoms with E-state index < -0.39 is 10.8 Å². The van der Waals surface area contributed by atoms with Gasteiger partial charge in [0.2, 0.25) is 0 Å². The molecule has 182 valence electrons. The molecule has 0 saturated carbocycles. The molecule has 4 aromatic rings. The first-order chi connectivity index (χ1) is 17.4. The second-order valence-corrected chi connectivity index (χ2v) is 8.50. The van der Waals surface area contributed by atoms with Crippen molar-refractivity contribution in [1.82, 2.24) is 9.66 Å². The Balaban J connectivity index is 1.66. The van der Waals surface area contributed by atoms with E-state index in [0.29, 0.717) is 28.8 Å². The summed E-state index contributed by atoms with van der Waals surface area (Å²) in [6.45, 7) is 1.50. The van der Waals surface area contributed by atoms with Crippen molar-refractivity contribution in [1.29, 1.82) is 0 Å². The van der Waals surface area contributed by atoms with Gasteiger partial charge in [0.25, 0.3) is 17.2 Å². The molecule has 0 saturated heterocycles. The summed E-state index contributed by atoms with van der Waals surface area (Å²) in [5, 5.41) is 18.7. The Morgan fingerprint density at radius 3 is 2.69 bits per heavy atom. The highest BCUT2D eigenvalue weighted by atomic mass is 79.9. The number of nitro benzene ring substituents is 1. The second kappa shape index (κ2) is 10.9. The number of para-hydroxylation sites is 1. The summed E-state index contributed by atoms with van der Waals surface area (Å²) >= 11 is 3.36. The minimum Gasteiger partial charge on any atom is -0.483 e. The number of benzene rings is 3. The highest BCUT2D eigenvalue weighted by Gasteiger charge is 2.14. The molecule has 4 rings (SSSR count). The highest BCUT2D eigenvalue weighted by Crippen LogP contribution is 2.23. The lowest BCUT2D eigenvalue weighted by Gasteiger charge is -2.10. The number of fused-ring (bicyclic) bond motifs is 1. The summed E-state index contributed by atoms with van der Waals surface area (Å²) < 4.78 is 7.50. The number of non-ortho nitro benzene ring substituents is 1. The van der Waals surface area contributed by atoms with E-state index in [2.05, 4.69) is 31.3 Å². The van der Waals surface area contributed by atoms with E-state index in [0.717, 1.165) is 9.15 Å². The number of nitrogens with zero attached hydrogens (tertiary/aromatic N) is 4. The zero-order valence-corrected chi connectivity index (χ0v) is 20.6. The van der Waals surface area contributed by atoms with Crippen LogP contribution in [0.15, 0.2) is 81.1 Å². The first-order valence-corrected chi connectivity index (χ1v) is 11.7. The maximum atomic E-state index is 13.1. The van der Waals surface area contributed by atoms with Gasteiger partial charge < -0.3 is 10.1 Å². The van der Waals surface area contributed by atoms with Gasteiger partial charge in [-0.25, -0.2) is 4.98 Å². The predicted octanol–water partition coefficient (Wildman–Crippen LogP) is 4.53. The molecule has 3 aromatic carbocycles. The van der Waals surface area contributed by atoms with Crippen molar-refractivity contribution >= 4 is 50.3 Å². The number of amides is 1. The summed E-state index contributed by atoms with van der Waals surface area (Å²) in [6, 6.07) is 18.0. The number of aryl methyl sites for hydroxylation is 1. The second-order valence-electron chi connectivity index (χ2n) is 7.59. The molecule has 0 unspecified atom stereocenters. The molecule has 0 atom stereocenters. The van der Waals surface area contributed by atoms with Crippen LogP contribution in [0.4, 0.5) is 11.4 Å². The fourth-order valence-corrected chi connectivity index (χ4v) is 3.77. The summed E-state index contributed by atoms with van der Waals surface area (Å²) in [6.07, 6.45) is 1.71. The first-order valence-electron chi connectivity index (χ1n) is 10.9. The van der Waals surface area contributed by atoms with Crippen molar-refractivity contribution in [2.75, 3.05) is 11.9 Å². The van der Waals surface area contributed by atoms with Crippen LogP contribution in [0.3, 0.4) is 0 Å². The lowest BCUT2D eigenvalue weighted by molar-refractivity contribution is -0.384. The van der Waals surface area contributed by atoms with Crippen LogP contribution in [-0.2, 0) is 11.2 Å². The smallest absolute Gasteiger partial charge is 0.282 e. The Morgan fingerprint density at radius 2 is 1.97 bits per heavy atom. The fraction of sp³-hybridized carbons (Fsp3) is 0.120. The molecule has 36 heavy (non-hydrogen) atoms. The quantitative estimate of drug-likeness (QED) is 0.195. The lowest BCUT2D eigenvalue weighted by Crippen LogP contribution is -2.22. The Hall–Kier alpha value is -4.38. The van der Waals surface area contributed by atoms with Crippen LogP contribution in [0.5, 0.6) is 5.75 Å². The molecule has 10 nitrogen and oxygen atoms in total. The third kappa shape index (κ3) is 5.63. The maximum absolute atomic E-state index is 13.1. The fourth-order valence-electron chi connectivity index (χ4n) is 3.41. The van der Waals surface area contributed by atoms with Crippen molar-refractivity contribution in [2.45, 2.75) is 13.3 Å². The molecule has 11 heteroatoms. The molecule has 0 radical (unpaired) electrons. The summed E-state index contributed by atoms with van der Waals surface area (Å²) in [5.41, 5.74) is 0.791. The van der Waals surface area contributed by atoms with Gasteiger partial charge in [-0.3, -0.25) is 19.7 Å². The standard InChI is InChI=1S/C25H20BrN5O5/c1-2-23-29-21-10-8-17(26)13-20(21)25(33)30(23)27-14-16-12-19(31(34)35)9-11-22(16)36-15-24(32)28-18-6-4-3-5-7-18/h3-14H,2,15H2,1H3,(H,28,32). The minimum absolute atomic E-state index is 0.190. The van der Waals surface area contributed by atoms with Gasteiger partial charge in [-0.1, -0.05) is 41.1 Å². The van der Waals surface area contributed by atoms with E-state index in [1.54, 1.807) is 42.5 Å². The number of hydrogen-bond donors (Lipinski definition) is 1. The lowest BCUT2D eigenvalue weighted by atomic mass is 10.2. The van der Waals surface area contributed by atoms with E-state index >= 15 is 0 Å². The Bertz CT molecular complexity index is 1540. The van der Waals surface area contributed by atoms with E-state index in [4.69, 9.17) is 4.74 Å². The molecular formula is C25H20BrN5O5. The van der Waals surface area contributed by atoms with Crippen molar-refractivity contribution < 1.29 is 14.5 Å². The maximum Gasteiger partial charge on any atom is 0.282 e. The largest absolute Gasteiger partial charge is 0.483 e. The molecule has 1 aromatic heterocycles. The topological polar surface area (TPSA) is 129 Å². The van der Waals surface area contributed by atoms with E-state index in [9.17, 15) is 19.7 Å². The number of nitro groups is 1. The number of carbonyl (C=O) groups excluding carboxylic acids is 1. The molecule has 0 bridgehead atoms. The molecular weight excluding hydrogens is 530 g/mol. The third-order valence-electron chi connectivity index (χ3n) is 5.12. The highest BCUT2D eigenvalue weighted by molar-refractivity contribution is 9.10. The van der Waals surface area contributed by atoms with Gasteiger partial charge in [0, 0.05) is 34.3 Å². The van der Waals surface area contributed by atoms with Crippen molar-refractivity contribution in [3.8, 4) is 5.75 Å². The van der Waals surface area contributed by atoms with E-state index in [1.165, 1.54) is 24.4 Å². The predicted molar refractivity (Wildman–Crippen MR) is 140 cm³/mol. The van der Waals surface area contributed by atoms with Crippen molar-refractivity contribution in [3.63, 3.8) is 0 Å². The number of nitrogens with one attached hydrogen (secondary N) is 1. The van der Waals surface area contributed by atoms with Gasteiger partial charge >= 0.3 is 0 Å². The number of ether oxygens (including phenoxy) is 1. The summed E-state index contributed by atoms with van der Waals surface area (Å²) in [4.78, 5) is 40.7. The van der Waals surface area contributed by atoms with Crippen molar-refractivity contribution in [3.05, 3.63) is 103 Å². The Morgan fingerprint density at radius 1 is 1.19 bits per heavy atom. The molecule has 0 aliphatic carbocycles. The SMILES string of the molecule is CCc1nc2ccc(Br)cc2c(=O)n1N=Cc1cc([N+](=O)[O-])ccc1OCC(=O)Nc1ccccc1. The molecule has 0 aliphatic heterocycles. The van der Waals surface area contributed by atoms with Gasteiger partial charge in [-0.15, -0.1) is 0 Å². The molecule has 1 heterocycles. The molecule has 1 N–H and O–H groups in total. The minimum atomic E-state index is -0.554. The monoisotopic (exact) mass is 549 g/mol. The molecule has 0 aliphatic rings. The zero-order chi connectivity index (χ0) is 25.7. The number of carbonyl (C=O) groups is 1. The van der Waals surface area contributed by atoms with Crippen LogP contribution in [0.2, 0.25) is 0 Å². The van der Waals surface area contributed by atoms with Crippen molar-refractivity contribution in [2.24, 2.45) is 5.10 Å².